The highest BCUT2D eigenvalue weighted by molar-refractivity contribution is 5.85. The van der Waals surface area contributed by atoms with Crippen molar-refractivity contribution in [2.45, 2.75) is 13.5 Å². The van der Waals surface area contributed by atoms with Gasteiger partial charge in [-0.25, -0.2) is 4.98 Å². The molecule has 1 aromatic heterocycles. The van der Waals surface area contributed by atoms with E-state index in [9.17, 15) is 4.79 Å². The van der Waals surface area contributed by atoms with Crippen molar-refractivity contribution in [3.05, 3.63) is 30.1 Å². The molecule has 0 atom stereocenters. The van der Waals surface area contributed by atoms with E-state index < -0.39 is 5.97 Å². The molecule has 0 aliphatic rings. The third-order valence-electron chi connectivity index (χ3n) is 2.14. The second kappa shape index (κ2) is 5.48. The normalized spacial score (nSPS) is 9.31. The first-order valence-corrected chi connectivity index (χ1v) is 4.32. The van der Waals surface area contributed by atoms with E-state index in [-0.39, 0.29) is 24.4 Å². The zero-order valence-corrected chi connectivity index (χ0v) is 9.49. The quantitative estimate of drug-likeness (QED) is 0.856. The summed E-state index contributed by atoms with van der Waals surface area (Å²) in [7, 11) is 0. The van der Waals surface area contributed by atoms with E-state index in [1.807, 2.05) is 31.2 Å². The maximum absolute atomic E-state index is 10.6. The number of benzene rings is 1. The van der Waals surface area contributed by atoms with Crippen LogP contribution in [-0.4, -0.2) is 26.1 Å². The molecule has 0 unspecified atom stereocenters. The number of aromatic nitrogens is 2. The number of imidazole rings is 1. The van der Waals surface area contributed by atoms with Crippen molar-refractivity contribution in [1.29, 1.82) is 0 Å². The van der Waals surface area contributed by atoms with E-state index in [1.165, 1.54) is 0 Å². The highest BCUT2D eigenvalue weighted by atomic mass is 35.5. The average Bonchev–Trinajstić information content (AvgIpc) is 2.43. The van der Waals surface area contributed by atoms with Crippen LogP contribution in [0, 0.1) is 6.92 Å². The predicted octanol–water partition coefficient (Wildman–Crippen LogP) is 1.03. The number of fused-ring (bicyclic) bond motifs is 1. The minimum absolute atomic E-state index is 0. The number of carbonyl (C=O) groups is 1. The lowest BCUT2D eigenvalue weighted by Gasteiger charge is -2.01. The molecule has 0 aliphatic carbocycles. The highest BCUT2D eigenvalue weighted by Crippen LogP contribution is 2.14. The van der Waals surface area contributed by atoms with Crippen molar-refractivity contribution in [2.24, 2.45) is 0 Å². The van der Waals surface area contributed by atoms with Crippen molar-refractivity contribution in [2.75, 3.05) is 0 Å². The van der Waals surface area contributed by atoms with E-state index in [1.54, 1.807) is 4.57 Å². The van der Waals surface area contributed by atoms with E-state index in [0.717, 1.165) is 16.9 Å². The smallest absolute Gasteiger partial charge is 0.323 e. The van der Waals surface area contributed by atoms with E-state index in [4.69, 9.17) is 5.11 Å². The number of carboxylic acid groups (broad SMARTS) is 1. The molecule has 16 heavy (non-hydrogen) atoms. The summed E-state index contributed by atoms with van der Waals surface area (Å²) < 4.78 is 1.69. The first-order chi connectivity index (χ1) is 6.68. The predicted molar refractivity (Wildman–Crippen MR) is 63.0 cm³/mol. The Kier molecular flexibility index (Phi) is 4.94. The number of para-hydroxylation sites is 2. The number of rotatable bonds is 2. The summed E-state index contributed by atoms with van der Waals surface area (Å²) >= 11 is 0. The largest absolute Gasteiger partial charge is 0.480 e. The van der Waals surface area contributed by atoms with Crippen molar-refractivity contribution in [1.82, 2.24) is 9.55 Å². The lowest BCUT2D eigenvalue weighted by molar-refractivity contribution is -0.137. The summed E-state index contributed by atoms with van der Waals surface area (Å²) in [6, 6.07) is 7.51. The Hall–Kier alpha value is -1.59. The van der Waals surface area contributed by atoms with Crippen LogP contribution in [0.4, 0.5) is 0 Å². The molecular formula is C10H13ClN2O3. The Morgan fingerprint density at radius 2 is 2.06 bits per heavy atom. The van der Waals surface area contributed by atoms with Crippen LogP contribution in [0.15, 0.2) is 24.3 Å². The summed E-state index contributed by atoms with van der Waals surface area (Å²) in [5.41, 5.74) is 1.71. The van der Waals surface area contributed by atoms with Gasteiger partial charge in [-0.1, -0.05) is 12.1 Å². The molecule has 0 bridgehead atoms. The van der Waals surface area contributed by atoms with E-state index in [0.29, 0.717) is 0 Å². The summed E-state index contributed by atoms with van der Waals surface area (Å²) in [4.78, 5) is 14.9. The molecule has 2 aromatic rings. The molecule has 0 spiro atoms. The fourth-order valence-electron chi connectivity index (χ4n) is 1.53. The van der Waals surface area contributed by atoms with Gasteiger partial charge in [-0.2, -0.15) is 0 Å². The number of aliphatic carboxylic acids is 1. The van der Waals surface area contributed by atoms with Crippen LogP contribution in [0.3, 0.4) is 0 Å². The molecule has 2 rings (SSSR count). The SMILES string of the molecule is Cc1nc2ccccc2n1CC(=O)O.Cl.O. The van der Waals surface area contributed by atoms with Gasteiger partial charge in [0.2, 0.25) is 0 Å². The van der Waals surface area contributed by atoms with Crippen molar-refractivity contribution < 1.29 is 15.4 Å². The summed E-state index contributed by atoms with van der Waals surface area (Å²) in [6.45, 7) is 1.77. The third kappa shape index (κ3) is 2.50. The van der Waals surface area contributed by atoms with Crippen LogP contribution in [-0.2, 0) is 11.3 Å². The van der Waals surface area contributed by atoms with Crippen LogP contribution in [0.2, 0.25) is 0 Å². The van der Waals surface area contributed by atoms with Gasteiger partial charge in [-0.3, -0.25) is 4.79 Å². The second-order valence-corrected chi connectivity index (χ2v) is 3.13. The van der Waals surface area contributed by atoms with Gasteiger partial charge in [0, 0.05) is 0 Å². The number of hydrogen-bond donors (Lipinski definition) is 1. The molecular weight excluding hydrogens is 232 g/mol. The Morgan fingerprint density at radius 1 is 1.44 bits per heavy atom. The van der Waals surface area contributed by atoms with Gasteiger partial charge in [0.1, 0.15) is 12.4 Å². The molecule has 0 fully saturated rings. The molecule has 0 saturated carbocycles. The van der Waals surface area contributed by atoms with Crippen molar-refractivity contribution >= 4 is 29.4 Å². The number of hydrogen-bond acceptors (Lipinski definition) is 2. The number of halogens is 1. The van der Waals surface area contributed by atoms with Gasteiger partial charge in [0.25, 0.3) is 0 Å². The van der Waals surface area contributed by atoms with E-state index >= 15 is 0 Å². The topological polar surface area (TPSA) is 86.6 Å². The average molecular weight is 245 g/mol. The standard InChI is InChI=1S/C10H10N2O2.ClH.H2O/c1-7-11-8-4-2-3-5-9(8)12(7)6-10(13)14;;/h2-5H,6H2,1H3,(H,13,14);1H;1H2. The molecule has 0 radical (unpaired) electrons. The summed E-state index contributed by atoms with van der Waals surface area (Å²) in [5.74, 6) is -0.121. The lowest BCUT2D eigenvalue weighted by atomic mass is 10.3. The number of carboxylic acids is 1. The Morgan fingerprint density at radius 3 is 2.69 bits per heavy atom. The molecule has 1 aromatic carbocycles. The number of nitrogens with zero attached hydrogens (tertiary/aromatic N) is 2. The third-order valence-corrected chi connectivity index (χ3v) is 2.14. The van der Waals surface area contributed by atoms with Crippen LogP contribution in [0.1, 0.15) is 5.82 Å². The van der Waals surface area contributed by atoms with Gasteiger partial charge in [0.15, 0.2) is 0 Å². The van der Waals surface area contributed by atoms with Gasteiger partial charge >= 0.3 is 5.97 Å². The monoisotopic (exact) mass is 244 g/mol. The van der Waals surface area contributed by atoms with E-state index in [2.05, 4.69) is 4.98 Å². The Balaban J connectivity index is 0.00000112. The molecule has 0 amide bonds. The lowest BCUT2D eigenvalue weighted by Crippen LogP contribution is -2.09. The van der Waals surface area contributed by atoms with Gasteiger partial charge < -0.3 is 15.1 Å². The minimum atomic E-state index is -0.851. The highest BCUT2D eigenvalue weighted by Gasteiger charge is 2.08. The second-order valence-electron chi connectivity index (χ2n) is 3.13. The van der Waals surface area contributed by atoms with Gasteiger partial charge in [-0.05, 0) is 19.1 Å². The zero-order valence-electron chi connectivity index (χ0n) is 8.67. The van der Waals surface area contributed by atoms with Crippen LogP contribution >= 0.6 is 12.4 Å². The molecule has 6 heteroatoms. The summed E-state index contributed by atoms with van der Waals surface area (Å²) in [6.07, 6.45) is 0. The van der Waals surface area contributed by atoms with Crippen LogP contribution < -0.4 is 0 Å². The van der Waals surface area contributed by atoms with Crippen LogP contribution in [0.5, 0.6) is 0 Å². The molecule has 88 valence electrons. The zero-order chi connectivity index (χ0) is 10.1. The van der Waals surface area contributed by atoms with Crippen LogP contribution in [0.25, 0.3) is 11.0 Å². The fraction of sp³-hybridized carbons (Fsp3) is 0.200. The first kappa shape index (κ1) is 14.4. The van der Waals surface area contributed by atoms with Crippen molar-refractivity contribution in [3.8, 4) is 0 Å². The van der Waals surface area contributed by atoms with Crippen molar-refractivity contribution in [3.63, 3.8) is 0 Å². The molecule has 0 saturated heterocycles. The molecule has 5 nitrogen and oxygen atoms in total. The maximum atomic E-state index is 10.6. The Bertz CT molecular complexity index is 496. The maximum Gasteiger partial charge on any atom is 0.323 e. The summed E-state index contributed by atoms with van der Waals surface area (Å²) in [5, 5.41) is 8.72. The van der Waals surface area contributed by atoms with Gasteiger partial charge in [-0.15, -0.1) is 12.4 Å². The van der Waals surface area contributed by atoms with Gasteiger partial charge in [0.05, 0.1) is 11.0 Å². The fourth-order valence-corrected chi connectivity index (χ4v) is 1.53. The first-order valence-electron chi connectivity index (χ1n) is 4.32. The Labute approximate surface area is 98.4 Å². The molecule has 1 heterocycles. The minimum Gasteiger partial charge on any atom is -0.480 e. The molecule has 3 N–H and O–H groups in total. The molecule has 0 aliphatic heterocycles. The number of aryl methyl sites for hydroxylation is 1.